The van der Waals surface area contributed by atoms with Crippen molar-refractivity contribution < 1.29 is 14.4 Å². The van der Waals surface area contributed by atoms with E-state index in [2.05, 4.69) is 18.7 Å². The maximum atomic E-state index is 13.9. The predicted octanol–water partition coefficient (Wildman–Crippen LogP) is 3.88. The molecule has 192 valence electrons. The molecule has 1 aromatic carbocycles. The fourth-order valence-electron chi connectivity index (χ4n) is 6.04. The Kier molecular flexibility index (Phi) is 8.34. The lowest BCUT2D eigenvalue weighted by molar-refractivity contribution is -0.143. The molecule has 1 unspecified atom stereocenters. The molecule has 3 heterocycles. The zero-order valence-corrected chi connectivity index (χ0v) is 21.6. The van der Waals surface area contributed by atoms with E-state index < -0.39 is 5.54 Å². The number of amides is 3. The number of carbonyl (C=O) groups excluding carboxylic acids is 3. The highest BCUT2D eigenvalue weighted by molar-refractivity contribution is 5.96. The number of para-hydroxylation sites is 1. The van der Waals surface area contributed by atoms with E-state index >= 15 is 0 Å². The third-order valence-corrected chi connectivity index (χ3v) is 8.27. The number of nitrogens with zero attached hydrogens (tertiary/aromatic N) is 4. The van der Waals surface area contributed by atoms with E-state index in [-0.39, 0.29) is 30.2 Å². The summed E-state index contributed by atoms with van der Waals surface area (Å²) in [5, 5.41) is 0. The Morgan fingerprint density at radius 3 is 2.26 bits per heavy atom. The van der Waals surface area contributed by atoms with Crippen molar-refractivity contribution in [3.05, 3.63) is 30.3 Å². The summed E-state index contributed by atoms with van der Waals surface area (Å²) in [6, 6.07) is 10.1. The molecule has 0 aliphatic carbocycles. The van der Waals surface area contributed by atoms with E-state index in [0.717, 1.165) is 57.3 Å². The summed E-state index contributed by atoms with van der Waals surface area (Å²) in [5.41, 5.74) is 0.314. The Balaban J connectivity index is 1.49. The second kappa shape index (κ2) is 11.4. The van der Waals surface area contributed by atoms with Crippen LogP contribution in [0.3, 0.4) is 0 Å². The molecule has 3 aliphatic heterocycles. The minimum atomic E-state index is -0.689. The topological polar surface area (TPSA) is 64.2 Å². The zero-order valence-electron chi connectivity index (χ0n) is 21.6. The molecule has 1 spiro atoms. The number of anilines is 1. The molecule has 3 saturated heterocycles. The van der Waals surface area contributed by atoms with Crippen LogP contribution in [-0.4, -0.2) is 77.4 Å². The van der Waals surface area contributed by atoms with Gasteiger partial charge in [-0.1, -0.05) is 44.9 Å². The molecule has 0 radical (unpaired) electrons. The van der Waals surface area contributed by atoms with Crippen LogP contribution in [-0.2, 0) is 14.4 Å². The number of piperidine rings is 2. The van der Waals surface area contributed by atoms with Crippen molar-refractivity contribution in [3.63, 3.8) is 0 Å². The van der Waals surface area contributed by atoms with Gasteiger partial charge >= 0.3 is 0 Å². The molecule has 4 rings (SSSR count). The third kappa shape index (κ3) is 5.34. The van der Waals surface area contributed by atoms with Gasteiger partial charge in [-0.3, -0.25) is 14.4 Å². The minimum Gasteiger partial charge on any atom is -0.342 e. The lowest BCUT2D eigenvalue weighted by Crippen LogP contribution is -2.58. The molecule has 1 aromatic rings. The molecule has 3 fully saturated rings. The van der Waals surface area contributed by atoms with Gasteiger partial charge in [-0.25, -0.2) is 0 Å². The molecule has 3 aliphatic rings. The van der Waals surface area contributed by atoms with Crippen LogP contribution in [0.1, 0.15) is 71.6 Å². The molecular weight excluding hydrogens is 440 g/mol. The van der Waals surface area contributed by atoms with Gasteiger partial charge in [-0.15, -0.1) is 0 Å². The van der Waals surface area contributed by atoms with E-state index in [1.807, 2.05) is 40.1 Å². The zero-order chi connectivity index (χ0) is 24.8. The molecule has 7 nitrogen and oxygen atoms in total. The predicted molar refractivity (Wildman–Crippen MR) is 138 cm³/mol. The van der Waals surface area contributed by atoms with Gasteiger partial charge in [0.25, 0.3) is 5.91 Å². The van der Waals surface area contributed by atoms with E-state index in [0.29, 0.717) is 32.6 Å². The average molecular weight is 483 g/mol. The summed E-state index contributed by atoms with van der Waals surface area (Å²) in [6.07, 6.45) is 8.43. The number of hydrogen-bond donors (Lipinski definition) is 0. The Hall–Kier alpha value is -2.57. The minimum absolute atomic E-state index is 0.0387. The molecule has 3 amide bonds. The van der Waals surface area contributed by atoms with Crippen LogP contribution in [0, 0.1) is 5.92 Å². The van der Waals surface area contributed by atoms with Crippen LogP contribution in [0.15, 0.2) is 30.3 Å². The van der Waals surface area contributed by atoms with Gasteiger partial charge in [0.15, 0.2) is 0 Å². The van der Waals surface area contributed by atoms with Crippen LogP contribution in [0.25, 0.3) is 0 Å². The summed E-state index contributed by atoms with van der Waals surface area (Å²) < 4.78 is 0. The molecule has 0 aromatic heterocycles. The Morgan fingerprint density at radius 2 is 1.63 bits per heavy atom. The number of likely N-dealkylation sites (tertiary alicyclic amines) is 2. The van der Waals surface area contributed by atoms with Crippen molar-refractivity contribution in [2.24, 2.45) is 5.92 Å². The highest BCUT2D eigenvalue weighted by atomic mass is 16.2. The fourth-order valence-corrected chi connectivity index (χ4v) is 6.04. The highest BCUT2D eigenvalue weighted by Gasteiger charge is 2.54. The third-order valence-electron chi connectivity index (χ3n) is 8.27. The average Bonchev–Trinajstić information content (AvgIpc) is 3.16. The maximum absolute atomic E-state index is 13.9. The van der Waals surface area contributed by atoms with Crippen molar-refractivity contribution in [1.29, 1.82) is 0 Å². The number of carbonyl (C=O) groups is 3. The smallest absolute Gasteiger partial charge is 0.250 e. The first-order chi connectivity index (χ1) is 17.0. The number of unbranched alkanes of at least 4 members (excludes halogenated alkanes) is 1. The van der Waals surface area contributed by atoms with Gasteiger partial charge in [0.05, 0.1) is 6.67 Å². The van der Waals surface area contributed by atoms with Crippen molar-refractivity contribution in [2.75, 3.05) is 44.3 Å². The van der Waals surface area contributed by atoms with Crippen molar-refractivity contribution >= 4 is 23.4 Å². The van der Waals surface area contributed by atoms with E-state index in [4.69, 9.17) is 0 Å². The first kappa shape index (κ1) is 25.5. The molecule has 0 N–H and O–H groups in total. The van der Waals surface area contributed by atoms with Gasteiger partial charge in [0.2, 0.25) is 11.8 Å². The summed E-state index contributed by atoms with van der Waals surface area (Å²) in [6.45, 7) is 7.58. The second-order valence-electron chi connectivity index (χ2n) is 10.5. The summed E-state index contributed by atoms with van der Waals surface area (Å²) in [5.74, 6) is 0.408. The Bertz CT molecular complexity index is 875. The van der Waals surface area contributed by atoms with Gasteiger partial charge in [-0.05, 0) is 57.1 Å². The molecule has 1 atom stereocenters. The monoisotopic (exact) mass is 482 g/mol. The maximum Gasteiger partial charge on any atom is 0.250 e. The molecule has 0 saturated carbocycles. The molecule has 0 bridgehead atoms. The summed E-state index contributed by atoms with van der Waals surface area (Å²) in [4.78, 5) is 48.0. The molecular formula is C28H42N4O3. The fraction of sp³-hybridized carbons (Fsp3) is 0.679. The standard InChI is InChI=1S/C28H42N4O3/c1-3-5-12-23(4-2)26(34)30-19-15-28(16-20-30)27(35)31(21-25(33)29-17-10-7-11-18-29)22-32(28)24-13-8-6-9-14-24/h6,8-9,13-14,23H,3-5,7,10-12,15-22H2,1-2H3. The van der Waals surface area contributed by atoms with Crippen molar-refractivity contribution in [1.82, 2.24) is 14.7 Å². The van der Waals surface area contributed by atoms with E-state index in [1.165, 1.54) is 6.42 Å². The molecule has 35 heavy (non-hydrogen) atoms. The van der Waals surface area contributed by atoms with Gasteiger partial charge in [0.1, 0.15) is 12.1 Å². The number of benzene rings is 1. The van der Waals surface area contributed by atoms with Crippen LogP contribution in [0.4, 0.5) is 5.69 Å². The van der Waals surface area contributed by atoms with Crippen LogP contribution in [0.5, 0.6) is 0 Å². The Labute approximate surface area is 210 Å². The van der Waals surface area contributed by atoms with Crippen molar-refractivity contribution in [3.8, 4) is 0 Å². The lowest BCUT2D eigenvalue weighted by atomic mass is 9.84. The SMILES string of the molecule is CCCCC(CC)C(=O)N1CCC2(CC1)C(=O)N(CC(=O)N1CCCCC1)CN2c1ccccc1. The number of rotatable bonds is 8. The quantitative estimate of drug-likeness (QED) is 0.564. The molecule has 7 heteroatoms. The lowest BCUT2D eigenvalue weighted by Gasteiger charge is -2.44. The van der Waals surface area contributed by atoms with Crippen LogP contribution in [0.2, 0.25) is 0 Å². The second-order valence-corrected chi connectivity index (χ2v) is 10.5. The number of hydrogen-bond acceptors (Lipinski definition) is 4. The normalized spacial score (nSPS) is 21.0. The highest BCUT2D eigenvalue weighted by Crippen LogP contribution is 2.40. The van der Waals surface area contributed by atoms with Gasteiger partial charge in [-0.2, -0.15) is 0 Å². The first-order valence-electron chi connectivity index (χ1n) is 13.7. The summed E-state index contributed by atoms with van der Waals surface area (Å²) in [7, 11) is 0. The van der Waals surface area contributed by atoms with Gasteiger partial charge in [0, 0.05) is 37.8 Å². The van der Waals surface area contributed by atoms with E-state index in [9.17, 15) is 14.4 Å². The first-order valence-corrected chi connectivity index (χ1v) is 13.7. The van der Waals surface area contributed by atoms with Crippen molar-refractivity contribution in [2.45, 2.75) is 77.2 Å². The van der Waals surface area contributed by atoms with E-state index in [1.54, 1.807) is 4.90 Å². The van der Waals surface area contributed by atoms with Gasteiger partial charge < -0.3 is 19.6 Å². The summed E-state index contributed by atoms with van der Waals surface area (Å²) >= 11 is 0. The largest absolute Gasteiger partial charge is 0.342 e. The van der Waals surface area contributed by atoms with Crippen LogP contribution < -0.4 is 4.90 Å². The van der Waals surface area contributed by atoms with Crippen LogP contribution >= 0.6 is 0 Å². The Morgan fingerprint density at radius 1 is 0.943 bits per heavy atom.